The normalized spacial score (nSPS) is 11.1. The van der Waals surface area contributed by atoms with E-state index in [1.54, 1.807) is 0 Å². The summed E-state index contributed by atoms with van der Waals surface area (Å²) < 4.78 is 0. The lowest BCUT2D eigenvalue weighted by Crippen LogP contribution is -2.00. The van der Waals surface area contributed by atoms with Gasteiger partial charge < -0.3 is 0 Å². The molecule has 0 saturated carbocycles. The van der Waals surface area contributed by atoms with Crippen LogP contribution in [0.15, 0.2) is 364 Å². The van der Waals surface area contributed by atoms with Gasteiger partial charge >= 0.3 is 0 Å². The third-order valence-electron chi connectivity index (χ3n) is 19.1. The third kappa shape index (κ3) is 12.9. The number of benzene rings is 16. The van der Waals surface area contributed by atoms with Crippen LogP contribution in [0.4, 0.5) is 11.4 Å². The minimum atomic E-state index is 0.640. The minimum Gasteiger partial charge on any atom is -0.238 e. The lowest BCUT2D eigenvalue weighted by molar-refractivity contribution is 1.07. The van der Waals surface area contributed by atoms with Gasteiger partial charge in [-0.05, 0) is 134 Å². The van der Waals surface area contributed by atoms with Gasteiger partial charge in [0.2, 0.25) is 0 Å². The Balaban J connectivity index is 0.000000154. The van der Waals surface area contributed by atoms with Crippen LogP contribution in [0.2, 0.25) is 0 Å². The van der Waals surface area contributed by atoms with Crippen LogP contribution in [0.5, 0.6) is 0 Å². The van der Waals surface area contributed by atoms with Gasteiger partial charge in [-0.1, -0.05) is 340 Å². The Labute approximate surface area is 602 Å². The molecular formula is C96H60N8. The van der Waals surface area contributed by atoms with Crippen LogP contribution in [0.1, 0.15) is 0 Å². The van der Waals surface area contributed by atoms with Crippen molar-refractivity contribution in [2.75, 3.05) is 0 Å². The summed E-state index contributed by atoms with van der Waals surface area (Å²) in [4.78, 5) is 36.3. The van der Waals surface area contributed by atoms with E-state index >= 15 is 0 Å². The average molecular weight is 1330 g/mol. The van der Waals surface area contributed by atoms with Gasteiger partial charge in [0.1, 0.15) is 0 Å². The Morgan fingerprint density at radius 2 is 0.385 bits per heavy atom. The highest BCUT2D eigenvalue weighted by Gasteiger charge is 2.18. The maximum absolute atomic E-state index is 7.32. The molecular weight excluding hydrogens is 1270 g/mol. The second kappa shape index (κ2) is 28.1. The number of aromatic nitrogens is 6. The van der Waals surface area contributed by atoms with Crippen molar-refractivity contribution >= 4 is 54.5 Å². The predicted molar refractivity (Wildman–Crippen MR) is 427 cm³/mol. The van der Waals surface area contributed by atoms with E-state index in [-0.39, 0.29) is 0 Å². The molecule has 16 aromatic carbocycles. The van der Waals surface area contributed by atoms with Gasteiger partial charge in [0, 0.05) is 33.4 Å². The number of hydrogen-bond donors (Lipinski definition) is 0. The molecule has 104 heavy (non-hydrogen) atoms. The summed E-state index contributed by atoms with van der Waals surface area (Å²) in [5.41, 5.74) is 20.8. The first-order valence-corrected chi connectivity index (χ1v) is 34.4. The molecule has 0 amide bonds. The summed E-state index contributed by atoms with van der Waals surface area (Å²) in [6.07, 6.45) is 0. The molecule has 8 nitrogen and oxygen atoms in total. The summed E-state index contributed by atoms with van der Waals surface area (Å²) in [5, 5.41) is 9.53. The van der Waals surface area contributed by atoms with Crippen LogP contribution in [0, 0.1) is 13.1 Å². The van der Waals surface area contributed by atoms with Crippen molar-refractivity contribution in [3.63, 3.8) is 0 Å². The Kier molecular flexibility index (Phi) is 17.0. The number of rotatable bonds is 12. The standard InChI is InChI=1S/2C48H30N4/c1-49-41-26-24-34(25-27-41)42-28-29-43(45-15-9-8-14-44(42)45)39-23-19-33-18-22-38(30-40(33)31-39)32-16-20-37(21-17-32)48-51-46(35-10-4-2-5-11-35)50-47(52-48)36-12-6-3-7-13-36;1-49-41-26-24-33(25-27-41)42-28-29-43(45-15-9-8-14-44(42)45)40-23-22-38-30-37(20-21-39(38)31-40)32-16-18-36(19-17-32)48-51-46(34-10-4-2-5-11-34)50-47(52-48)35-12-6-3-7-13-35/h2*2-31H. The first-order chi connectivity index (χ1) is 51.4. The van der Waals surface area contributed by atoms with E-state index in [0.29, 0.717) is 46.3 Å². The smallest absolute Gasteiger partial charge is 0.187 e. The molecule has 0 fully saturated rings. The zero-order valence-electron chi connectivity index (χ0n) is 56.2. The molecule has 484 valence electrons. The highest BCUT2D eigenvalue weighted by Crippen LogP contribution is 2.41. The summed E-state index contributed by atoms with van der Waals surface area (Å²) in [6, 6.07) is 126. The molecule has 0 aliphatic carbocycles. The van der Waals surface area contributed by atoms with E-state index in [1.165, 1.54) is 65.3 Å². The zero-order chi connectivity index (χ0) is 69.7. The van der Waals surface area contributed by atoms with Gasteiger partial charge in [-0.15, -0.1) is 0 Å². The molecule has 0 aliphatic rings. The first kappa shape index (κ1) is 63.0. The molecule has 8 heteroatoms. The van der Waals surface area contributed by atoms with Gasteiger partial charge in [0.15, 0.2) is 46.3 Å². The van der Waals surface area contributed by atoms with Crippen LogP contribution in [-0.2, 0) is 0 Å². The quantitative estimate of drug-likeness (QED) is 0.113. The fourth-order valence-corrected chi connectivity index (χ4v) is 13.7. The summed E-state index contributed by atoms with van der Waals surface area (Å²) in [6.45, 7) is 14.6. The minimum absolute atomic E-state index is 0.640. The van der Waals surface area contributed by atoms with E-state index < -0.39 is 0 Å². The molecule has 18 aromatic rings. The Hall–Kier alpha value is -14.4. The third-order valence-corrected chi connectivity index (χ3v) is 19.1. The Bertz CT molecular complexity index is 6200. The summed E-state index contributed by atoms with van der Waals surface area (Å²) >= 11 is 0. The van der Waals surface area contributed by atoms with Crippen LogP contribution in [0.25, 0.3) is 188 Å². The van der Waals surface area contributed by atoms with Crippen molar-refractivity contribution in [2.24, 2.45) is 0 Å². The summed E-state index contributed by atoms with van der Waals surface area (Å²) in [7, 11) is 0. The molecule has 0 bridgehead atoms. The lowest BCUT2D eigenvalue weighted by Gasteiger charge is -2.13. The van der Waals surface area contributed by atoms with Crippen molar-refractivity contribution in [3.05, 3.63) is 387 Å². The van der Waals surface area contributed by atoms with Gasteiger partial charge in [0.05, 0.1) is 13.1 Å². The first-order valence-electron chi connectivity index (χ1n) is 34.4. The zero-order valence-corrected chi connectivity index (χ0v) is 56.2. The second-order valence-electron chi connectivity index (χ2n) is 25.5. The van der Waals surface area contributed by atoms with Crippen molar-refractivity contribution in [1.82, 2.24) is 29.9 Å². The highest BCUT2D eigenvalue weighted by molar-refractivity contribution is 6.08. The van der Waals surface area contributed by atoms with Crippen LogP contribution in [-0.4, -0.2) is 29.9 Å². The van der Waals surface area contributed by atoms with Gasteiger partial charge in [0.25, 0.3) is 0 Å². The SMILES string of the molecule is [C-]#[N+]c1ccc(-c2ccc(-c3ccc4cc(-c5ccc(-c6nc(-c7ccccc7)nc(-c7ccccc7)n6)cc5)ccc4c3)c3ccccc23)cc1.[C-]#[N+]c1ccc(-c2ccc(-c3ccc4ccc(-c5ccc(-c6nc(-c7ccccc7)nc(-c7ccccc7)n6)cc5)cc4c3)c3ccccc23)cc1. The molecule has 0 atom stereocenters. The molecule has 18 rings (SSSR count). The highest BCUT2D eigenvalue weighted by atomic mass is 15.0. The second-order valence-corrected chi connectivity index (χ2v) is 25.5. The topological polar surface area (TPSA) is 86.1 Å². The Morgan fingerprint density at radius 1 is 0.163 bits per heavy atom. The number of hydrogen-bond acceptors (Lipinski definition) is 6. The van der Waals surface area contributed by atoms with Crippen molar-refractivity contribution < 1.29 is 0 Å². The van der Waals surface area contributed by atoms with Gasteiger partial charge in [-0.2, -0.15) is 0 Å². The van der Waals surface area contributed by atoms with Crippen LogP contribution < -0.4 is 0 Å². The van der Waals surface area contributed by atoms with Crippen LogP contribution >= 0.6 is 0 Å². The van der Waals surface area contributed by atoms with E-state index in [4.69, 9.17) is 43.0 Å². The molecule has 0 N–H and O–H groups in total. The van der Waals surface area contributed by atoms with Gasteiger partial charge in [-0.3, -0.25) is 0 Å². The average Bonchev–Trinajstić information content (AvgIpc) is 0.761. The van der Waals surface area contributed by atoms with E-state index in [9.17, 15) is 0 Å². The molecule has 0 radical (unpaired) electrons. The summed E-state index contributed by atoms with van der Waals surface area (Å²) in [5.74, 6) is 3.88. The van der Waals surface area contributed by atoms with E-state index in [1.807, 2.05) is 170 Å². The Morgan fingerprint density at radius 3 is 0.702 bits per heavy atom. The molecule has 0 aliphatic heterocycles. The van der Waals surface area contributed by atoms with E-state index in [2.05, 4.69) is 204 Å². The van der Waals surface area contributed by atoms with Crippen LogP contribution in [0.3, 0.4) is 0 Å². The predicted octanol–water partition coefficient (Wildman–Crippen LogP) is 25.5. The molecule has 0 unspecified atom stereocenters. The lowest BCUT2D eigenvalue weighted by atomic mass is 9.91. The maximum atomic E-state index is 7.32. The largest absolute Gasteiger partial charge is 0.238 e. The fourth-order valence-electron chi connectivity index (χ4n) is 13.7. The maximum Gasteiger partial charge on any atom is 0.187 e. The number of nitrogens with zero attached hydrogens (tertiary/aromatic N) is 8. The van der Waals surface area contributed by atoms with Crippen molar-refractivity contribution in [2.45, 2.75) is 0 Å². The fraction of sp³-hybridized carbons (Fsp3) is 0. The van der Waals surface area contributed by atoms with Crippen molar-refractivity contribution in [3.8, 4) is 135 Å². The molecule has 2 heterocycles. The van der Waals surface area contributed by atoms with Gasteiger partial charge in [-0.25, -0.2) is 39.6 Å². The molecule has 0 spiro atoms. The van der Waals surface area contributed by atoms with Crippen molar-refractivity contribution in [1.29, 1.82) is 0 Å². The molecule has 2 aromatic heterocycles. The molecule has 0 saturated heterocycles. The monoisotopic (exact) mass is 1320 g/mol. The number of fused-ring (bicyclic) bond motifs is 4. The van der Waals surface area contributed by atoms with E-state index in [0.717, 1.165) is 77.9 Å².